The molecule has 1 fully saturated rings. The third-order valence-electron chi connectivity index (χ3n) is 3.26. The average Bonchev–Trinajstić information content (AvgIpc) is 3.10. The summed E-state index contributed by atoms with van der Waals surface area (Å²) in [5, 5.41) is 10.5. The van der Waals surface area contributed by atoms with E-state index >= 15 is 0 Å². The molecule has 1 atom stereocenters. The van der Waals surface area contributed by atoms with Crippen LogP contribution in [0.5, 0.6) is 0 Å². The minimum atomic E-state index is -0.0594. The summed E-state index contributed by atoms with van der Waals surface area (Å²) >= 11 is 0. The molecule has 6 heteroatoms. The van der Waals surface area contributed by atoms with Gasteiger partial charge in [0.25, 0.3) is 5.91 Å². The van der Waals surface area contributed by atoms with E-state index in [1.54, 1.807) is 17.1 Å². The van der Waals surface area contributed by atoms with Crippen LogP contribution in [0.4, 0.5) is 0 Å². The number of hydrogen-bond acceptors (Lipinski definition) is 3. The average molecular weight is 293 g/mol. The molecule has 0 saturated carbocycles. The van der Waals surface area contributed by atoms with Crippen molar-refractivity contribution in [1.82, 2.24) is 20.4 Å². The third kappa shape index (κ3) is 3.18. The van der Waals surface area contributed by atoms with Gasteiger partial charge >= 0.3 is 0 Å². The summed E-state index contributed by atoms with van der Waals surface area (Å²) in [6.07, 6.45) is 4.34. The number of rotatable bonds is 3. The zero-order valence-corrected chi connectivity index (χ0v) is 11.8. The Morgan fingerprint density at radius 3 is 2.85 bits per heavy atom. The zero-order valence-electron chi connectivity index (χ0n) is 11.0. The van der Waals surface area contributed by atoms with Crippen LogP contribution in [0.3, 0.4) is 0 Å². The number of aromatic nitrogens is 2. The Hall–Kier alpha value is -1.85. The molecule has 1 aliphatic rings. The standard InChI is InChI=1S/C14H16N4O.ClH/c19-14(17-12-6-7-15-9-12)11-8-16-18(10-11)13-4-2-1-3-5-13;/h1-5,8,10,12,15H,6-7,9H2,(H,17,19);1H. The molecule has 0 radical (unpaired) electrons. The van der Waals surface area contributed by atoms with Crippen molar-refractivity contribution < 1.29 is 4.79 Å². The molecule has 3 rings (SSSR count). The Labute approximate surface area is 123 Å². The van der Waals surface area contributed by atoms with E-state index in [2.05, 4.69) is 15.7 Å². The fourth-order valence-corrected chi connectivity index (χ4v) is 2.21. The van der Waals surface area contributed by atoms with Gasteiger partial charge < -0.3 is 10.6 Å². The summed E-state index contributed by atoms with van der Waals surface area (Å²) < 4.78 is 1.71. The van der Waals surface area contributed by atoms with E-state index < -0.39 is 0 Å². The first-order chi connectivity index (χ1) is 9.33. The predicted octanol–water partition coefficient (Wildman–Crippen LogP) is 1.39. The van der Waals surface area contributed by atoms with Gasteiger partial charge in [-0.25, -0.2) is 4.68 Å². The second-order valence-electron chi connectivity index (χ2n) is 4.67. The van der Waals surface area contributed by atoms with Crippen LogP contribution in [0.25, 0.3) is 5.69 Å². The molecule has 2 aromatic rings. The van der Waals surface area contributed by atoms with Crippen LogP contribution >= 0.6 is 12.4 Å². The maximum Gasteiger partial charge on any atom is 0.254 e. The number of hydrogen-bond donors (Lipinski definition) is 2. The lowest BCUT2D eigenvalue weighted by atomic mass is 10.2. The van der Waals surface area contributed by atoms with Crippen molar-refractivity contribution in [2.45, 2.75) is 12.5 Å². The van der Waals surface area contributed by atoms with Gasteiger partial charge in [0, 0.05) is 18.8 Å². The van der Waals surface area contributed by atoms with Crippen molar-refractivity contribution in [1.29, 1.82) is 0 Å². The van der Waals surface area contributed by atoms with Gasteiger partial charge in [-0.1, -0.05) is 18.2 Å². The number of carbonyl (C=O) groups is 1. The van der Waals surface area contributed by atoms with E-state index in [9.17, 15) is 4.79 Å². The highest BCUT2D eigenvalue weighted by Gasteiger charge is 2.18. The number of carbonyl (C=O) groups excluding carboxylic acids is 1. The number of benzene rings is 1. The largest absolute Gasteiger partial charge is 0.348 e. The number of nitrogens with one attached hydrogen (secondary N) is 2. The lowest BCUT2D eigenvalue weighted by Gasteiger charge is -2.09. The number of nitrogens with zero attached hydrogens (tertiary/aromatic N) is 2. The van der Waals surface area contributed by atoms with Crippen molar-refractivity contribution in [2.24, 2.45) is 0 Å². The van der Waals surface area contributed by atoms with Crippen molar-refractivity contribution in [3.8, 4) is 5.69 Å². The lowest BCUT2D eigenvalue weighted by Crippen LogP contribution is -2.36. The van der Waals surface area contributed by atoms with E-state index in [0.717, 1.165) is 25.2 Å². The second-order valence-corrected chi connectivity index (χ2v) is 4.67. The summed E-state index contributed by atoms with van der Waals surface area (Å²) in [7, 11) is 0. The summed E-state index contributed by atoms with van der Waals surface area (Å²) in [5.41, 5.74) is 1.54. The Morgan fingerprint density at radius 2 is 2.15 bits per heavy atom. The van der Waals surface area contributed by atoms with Crippen molar-refractivity contribution in [3.05, 3.63) is 48.3 Å². The molecule has 1 aromatic carbocycles. The molecule has 1 saturated heterocycles. The van der Waals surface area contributed by atoms with Crippen molar-refractivity contribution >= 4 is 18.3 Å². The van der Waals surface area contributed by atoms with E-state index in [0.29, 0.717) is 5.56 Å². The molecule has 1 aromatic heterocycles. The molecule has 1 unspecified atom stereocenters. The highest BCUT2D eigenvalue weighted by atomic mass is 35.5. The molecule has 5 nitrogen and oxygen atoms in total. The first kappa shape index (κ1) is 14.6. The number of amides is 1. The maximum atomic E-state index is 12.1. The Kier molecular flexibility index (Phi) is 4.76. The Bertz CT molecular complexity index is 564. The first-order valence-corrected chi connectivity index (χ1v) is 6.44. The monoisotopic (exact) mass is 292 g/mol. The normalized spacial score (nSPS) is 17.5. The lowest BCUT2D eigenvalue weighted by molar-refractivity contribution is 0.0940. The molecule has 0 aliphatic carbocycles. The van der Waals surface area contributed by atoms with Crippen LogP contribution < -0.4 is 10.6 Å². The van der Waals surface area contributed by atoms with Gasteiger partial charge in [-0.05, 0) is 25.1 Å². The molecule has 20 heavy (non-hydrogen) atoms. The van der Waals surface area contributed by atoms with Crippen LogP contribution in [-0.4, -0.2) is 34.8 Å². The van der Waals surface area contributed by atoms with E-state index in [1.807, 2.05) is 30.3 Å². The van der Waals surface area contributed by atoms with Crippen LogP contribution in [0, 0.1) is 0 Å². The molecular formula is C14H17ClN4O. The maximum absolute atomic E-state index is 12.1. The zero-order chi connectivity index (χ0) is 13.1. The second kappa shape index (κ2) is 6.54. The van der Waals surface area contributed by atoms with Gasteiger partial charge in [0.15, 0.2) is 0 Å². The highest BCUT2D eigenvalue weighted by molar-refractivity contribution is 5.94. The van der Waals surface area contributed by atoms with Gasteiger partial charge in [0.1, 0.15) is 0 Å². The summed E-state index contributed by atoms with van der Waals surface area (Å²) in [5.74, 6) is -0.0594. The molecule has 0 spiro atoms. The van der Waals surface area contributed by atoms with Crippen LogP contribution in [0.15, 0.2) is 42.7 Å². The predicted molar refractivity (Wildman–Crippen MR) is 79.6 cm³/mol. The fraction of sp³-hybridized carbons (Fsp3) is 0.286. The minimum absolute atomic E-state index is 0. The van der Waals surface area contributed by atoms with E-state index in [1.165, 1.54) is 0 Å². The molecule has 0 bridgehead atoms. The fourth-order valence-electron chi connectivity index (χ4n) is 2.21. The van der Waals surface area contributed by atoms with Gasteiger partial charge in [0.2, 0.25) is 0 Å². The number of para-hydroxylation sites is 1. The van der Waals surface area contributed by atoms with E-state index in [-0.39, 0.29) is 24.4 Å². The van der Waals surface area contributed by atoms with Gasteiger partial charge in [-0.15, -0.1) is 12.4 Å². The topological polar surface area (TPSA) is 59.0 Å². The van der Waals surface area contributed by atoms with Gasteiger partial charge in [0.05, 0.1) is 17.4 Å². The number of halogens is 1. The highest BCUT2D eigenvalue weighted by Crippen LogP contribution is 2.08. The smallest absolute Gasteiger partial charge is 0.254 e. The molecular weight excluding hydrogens is 276 g/mol. The quantitative estimate of drug-likeness (QED) is 0.899. The SMILES string of the molecule is Cl.O=C(NC1CCNC1)c1cnn(-c2ccccc2)c1. The molecule has 106 valence electrons. The van der Waals surface area contributed by atoms with Gasteiger partial charge in [-0.3, -0.25) is 4.79 Å². The van der Waals surface area contributed by atoms with Crippen LogP contribution in [0.1, 0.15) is 16.8 Å². The summed E-state index contributed by atoms with van der Waals surface area (Å²) in [6, 6.07) is 9.98. The van der Waals surface area contributed by atoms with Crippen LogP contribution in [-0.2, 0) is 0 Å². The summed E-state index contributed by atoms with van der Waals surface area (Å²) in [4.78, 5) is 12.1. The van der Waals surface area contributed by atoms with E-state index in [4.69, 9.17) is 0 Å². The Balaban J connectivity index is 0.00000147. The molecule has 2 N–H and O–H groups in total. The third-order valence-corrected chi connectivity index (χ3v) is 3.26. The minimum Gasteiger partial charge on any atom is -0.348 e. The molecule has 1 aliphatic heterocycles. The summed E-state index contributed by atoms with van der Waals surface area (Å²) in [6.45, 7) is 1.81. The van der Waals surface area contributed by atoms with Gasteiger partial charge in [-0.2, -0.15) is 5.10 Å². The first-order valence-electron chi connectivity index (χ1n) is 6.44. The Morgan fingerprint density at radius 1 is 1.35 bits per heavy atom. The van der Waals surface area contributed by atoms with Crippen molar-refractivity contribution in [3.63, 3.8) is 0 Å². The molecule has 1 amide bonds. The van der Waals surface area contributed by atoms with Crippen LogP contribution in [0.2, 0.25) is 0 Å². The molecule has 2 heterocycles. The van der Waals surface area contributed by atoms with Crippen molar-refractivity contribution in [2.75, 3.05) is 13.1 Å².